The third-order valence-electron chi connectivity index (χ3n) is 6.19. The average Bonchev–Trinajstić information content (AvgIpc) is 3.00. The molecule has 0 rings (SSSR count). The standard InChI is InChI=1S/C34H66O12/c1-31(2)29-33(5,45-27-25-43-23-21-41-19-17-39-15-13-37-11-9-35)7-8-34(6,30-32(3)4)46-28-26-44-24-22-42-20-18-40-16-14-38-12-10-36/h31-32,35-36H,9-30H2,1-6H3. The number of hydrogen-bond acceptors (Lipinski definition) is 12. The Labute approximate surface area is 279 Å². The number of aliphatic hydroxyl groups is 2. The summed E-state index contributed by atoms with van der Waals surface area (Å²) >= 11 is 0. The van der Waals surface area contributed by atoms with E-state index < -0.39 is 11.2 Å². The Hall–Kier alpha value is -0.920. The van der Waals surface area contributed by atoms with Gasteiger partial charge < -0.3 is 57.6 Å². The first-order chi connectivity index (χ1) is 22.2. The van der Waals surface area contributed by atoms with Crippen molar-refractivity contribution in [3.63, 3.8) is 0 Å². The van der Waals surface area contributed by atoms with Crippen LogP contribution in [-0.2, 0) is 47.4 Å². The topological polar surface area (TPSA) is 133 Å². The fourth-order valence-electron chi connectivity index (χ4n) is 4.42. The van der Waals surface area contributed by atoms with Crippen molar-refractivity contribution in [2.45, 2.75) is 65.6 Å². The third kappa shape index (κ3) is 30.4. The van der Waals surface area contributed by atoms with Crippen LogP contribution in [0.25, 0.3) is 0 Å². The van der Waals surface area contributed by atoms with Crippen LogP contribution in [0.2, 0.25) is 0 Å². The number of aliphatic hydroxyl groups excluding tert-OH is 2. The van der Waals surface area contributed by atoms with Crippen molar-refractivity contribution in [1.82, 2.24) is 0 Å². The van der Waals surface area contributed by atoms with Crippen molar-refractivity contribution in [3.05, 3.63) is 0 Å². The summed E-state index contributed by atoms with van der Waals surface area (Å²) in [6.45, 7) is 20.9. The van der Waals surface area contributed by atoms with Crippen molar-refractivity contribution in [2.75, 3.05) is 132 Å². The predicted molar refractivity (Wildman–Crippen MR) is 176 cm³/mol. The predicted octanol–water partition coefficient (Wildman–Crippen LogP) is 2.75. The Morgan fingerprint density at radius 1 is 0.391 bits per heavy atom. The molecule has 0 aromatic rings. The number of hydrogen-bond donors (Lipinski definition) is 2. The highest BCUT2D eigenvalue weighted by atomic mass is 16.6. The Bertz CT molecular complexity index is 658. The minimum atomic E-state index is -0.627. The van der Waals surface area contributed by atoms with Gasteiger partial charge in [-0.3, -0.25) is 0 Å². The normalized spacial score (nSPS) is 14.4. The van der Waals surface area contributed by atoms with Gasteiger partial charge in [-0.2, -0.15) is 0 Å². The van der Waals surface area contributed by atoms with E-state index >= 15 is 0 Å². The van der Waals surface area contributed by atoms with Crippen molar-refractivity contribution in [3.8, 4) is 11.8 Å². The molecule has 12 nitrogen and oxygen atoms in total. The summed E-state index contributed by atoms with van der Waals surface area (Å²) in [5.74, 6) is 7.64. The molecule has 274 valence electrons. The van der Waals surface area contributed by atoms with Crippen LogP contribution in [0.15, 0.2) is 0 Å². The fraction of sp³-hybridized carbons (Fsp3) is 0.941. The molecule has 0 radical (unpaired) electrons. The molecule has 0 aliphatic carbocycles. The Morgan fingerprint density at radius 3 is 0.826 bits per heavy atom. The van der Waals surface area contributed by atoms with Crippen LogP contribution < -0.4 is 0 Å². The average molecular weight is 667 g/mol. The van der Waals surface area contributed by atoms with Crippen LogP contribution in [0.3, 0.4) is 0 Å². The lowest BCUT2D eigenvalue weighted by molar-refractivity contribution is -0.0493. The van der Waals surface area contributed by atoms with Crippen LogP contribution >= 0.6 is 0 Å². The highest BCUT2D eigenvalue weighted by Gasteiger charge is 2.28. The maximum Gasteiger partial charge on any atom is 0.126 e. The molecule has 0 spiro atoms. The monoisotopic (exact) mass is 666 g/mol. The zero-order valence-electron chi connectivity index (χ0n) is 29.7. The maximum atomic E-state index is 8.65. The highest BCUT2D eigenvalue weighted by molar-refractivity contribution is 5.21. The van der Waals surface area contributed by atoms with Gasteiger partial charge in [-0.05, 0) is 38.5 Å². The Morgan fingerprint density at radius 2 is 0.609 bits per heavy atom. The molecule has 0 aliphatic rings. The van der Waals surface area contributed by atoms with Crippen molar-refractivity contribution in [1.29, 1.82) is 0 Å². The van der Waals surface area contributed by atoms with E-state index in [-0.39, 0.29) is 13.2 Å². The number of ether oxygens (including phenoxy) is 10. The van der Waals surface area contributed by atoms with Gasteiger partial charge in [0.1, 0.15) is 11.2 Å². The summed E-state index contributed by atoms with van der Waals surface area (Å²) in [6, 6.07) is 0. The van der Waals surface area contributed by atoms with E-state index in [1.807, 2.05) is 13.8 Å². The second-order valence-electron chi connectivity index (χ2n) is 12.0. The number of rotatable bonds is 34. The van der Waals surface area contributed by atoms with E-state index in [1.54, 1.807) is 0 Å². The molecular weight excluding hydrogens is 600 g/mol. The minimum absolute atomic E-state index is 0.0182. The van der Waals surface area contributed by atoms with Gasteiger partial charge in [0.2, 0.25) is 0 Å². The van der Waals surface area contributed by atoms with Crippen LogP contribution in [0.5, 0.6) is 0 Å². The lowest BCUT2D eigenvalue weighted by atomic mass is 9.90. The van der Waals surface area contributed by atoms with Crippen LogP contribution in [0.1, 0.15) is 54.4 Å². The Kier molecular flexibility index (Phi) is 30.7. The first-order valence-corrected chi connectivity index (χ1v) is 16.8. The van der Waals surface area contributed by atoms with Crippen molar-refractivity contribution < 1.29 is 57.6 Å². The molecule has 0 fully saturated rings. The fourth-order valence-corrected chi connectivity index (χ4v) is 4.42. The molecule has 12 heteroatoms. The van der Waals surface area contributed by atoms with Crippen LogP contribution in [-0.4, -0.2) is 154 Å². The van der Waals surface area contributed by atoms with E-state index in [2.05, 4.69) is 39.5 Å². The summed E-state index contributed by atoms with van der Waals surface area (Å²) in [7, 11) is 0. The zero-order chi connectivity index (χ0) is 34.2. The van der Waals surface area contributed by atoms with E-state index in [4.69, 9.17) is 57.6 Å². The smallest absolute Gasteiger partial charge is 0.126 e. The molecule has 2 unspecified atom stereocenters. The third-order valence-corrected chi connectivity index (χ3v) is 6.19. The molecular formula is C34H66O12. The van der Waals surface area contributed by atoms with Gasteiger partial charge in [0, 0.05) is 0 Å². The minimum Gasteiger partial charge on any atom is -0.394 e. The summed E-state index contributed by atoms with van der Waals surface area (Å²) in [5, 5.41) is 17.3. The second kappa shape index (κ2) is 31.4. The lowest BCUT2D eigenvalue weighted by Gasteiger charge is -2.30. The van der Waals surface area contributed by atoms with Crippen LogP contribution in [0.4, 0.5) is 0 Å². The first-order valence-electron chi connectivity index (χ1n) is 16.8. The van der Waals surface area contributed by atoms with Crippen molar-refractivity contribution >= 4 is 0 Å². The SMILES string of the molecule is CC(C)CC(C)(C#CC(C)(CC(C)C)OCCOCCOCCOCCOCCO)OCCOCCOCCOCCOCCO. The van der Waals surface area contributed by atoms with Crippen LogP contribution in [0, 0.1) is 23.7 Å². The van der Waals surface area contributed by atoms with E-state index in [1.165, 1.54) is 0 Å². The van der Waals surface area contributed by atoms with E-state index in [0.717, 1.165) is 12.8 Å². The lowest BCUT2D eigenvalue weighted by Crippen LogP contribution is -2.34. The largest absolute Gasteiger partial charge is 0.394 e. The van der Waals surface area contributed by atoms with E-state index in [0.29, 0.717) is 131 Å². The van der Waals surface area contributed by atoms with Gasteiger partial charge >= 0.3 is 0 Å². The van der Waals surface area contributed by atoms with Gasteiger partial charge in [-0.25, -0.2) is 0 Å². The van der Waals surface area contributed by atoms with Gasteiger partial charge in [0.25, 0.3) is 0 Å². The Balaban J connectivity index is 4.38. The molecule has 0 saturated heterocycles. The molecule has 2 N–H and O–H groups in total. The molecule has 0 aromatic carbocycles. The molecule has 0 aromatic heterocycles. The summed E-state index contributed by atoms with van der Waals surface area (Å²) in [5.41, 5.74) is -1.25. The molecule has 0 heterocycles. The van der Waals surface area contributed by atoms with Gasteiger partial charge in [-0.1, -0.05) is 39.5 Å². The molecule has 0 bridgehead atoms. The summed E-state index contributed by atoms with van der Waals surface area (Å²) < 4.78 is 56.0. The second-order valence-corrected chi connectivity index (χ2v) is 12.0. The molecule has 0 amide bonds. The molecule has 0 aliphatic heterocycles. The van der Waals surface area contributed by atoms with Gasteiger partial charge in [-0.15, -0.1) is 0 Å². The van der Waals surface area contributed by atoms with Gasteiger partial charge in [0.05, 0.1) is 132 Å². The van der Waals surface area contributed by atoms with Gasteiger partial charge in [0.15, 0.2) is 0 Å². The zero-order valence-corrected chi connectivity index (χ0v) is 29.7. The maximum absolute atomic E-state index is 8.65. The summed E-state index contributed by atoms with van der Waals surface area (Å²) in [4.78, 5) is 0. The molecule has 2 atom stereocenters. The summed E-state index contributed by atoms with van der Waals surface area (Å²) in [6.07, 6.45) is 1.58. The highest BCUT2D eigenvalue weighted by Crippen LogP contribution is 2.24. The van der Waals surface area contributed by atoms with E-state index in [9.17, 15) is 0 Å². The first kappa shape index (κ1) is 45.1. The molecule has 46 heavy (non-hydrogen) atoms. The van der Waals surface area contributed by atoms with Crippen molar-refractivity contribution in [2.24, 2.45) is 11.8 Å². The molecule has 0 saturated carbocycles. The quantitative estimate of drug-likeness (QED) is 0.0773.